The van der Waals surface area contributed by atoms with E-state index in [4.69, 9.17) is 4.74 Å². The van der Waals surface area contributed by atoms with Gasteiger partial charge in [-0.05, 0) is 74.6 Å². The first-order valence-electron chi connectivity index (χ1n) is 13.4. The summed E-state index contributed by atoms with van der Waals surface area (Å²) in [5.74, 6) is 1.34. The molecule has 0 aliphatic carbocycles. The predicted molar refractivity (Wildman–Crippen MR) is 151 cm³/mol. The molecule has 1 fully saturated rings. The van der Waals surface area contributed by atoms with Crippen LogP contribution in [0.3, 0.4) is 0 Å². The molecule has 0 radical (unpaired) electrons. The molecule has 0 aromatic heterocycles. The molecule has 3 N–H and O–H groups in total. The molecular formula is C28H42N4O5S. The van der Waals surface area contributed by atoms with Crippen LogP contribution in [0.4, 0.5) is 10.5 Å². The number of rotatable bonds is 13. The van der Waals surface area contributed by atoms with Gasteiger partial charge in [0.15, 0.2) is 0 Å². The molecule has 1 aliphatic heterocycles. The Morgan fingerprint density at radius 2 is 1.71 bits per heavy atom. The molecule has 1 heterocycles. The van der Waals surface area contributed by atoms with E-state index in [-0.39, 0.29) is 12.1 Å². The van der Waals surface area contributed by atoms with Gasteiger partial charge in [0.25, 0.3) is 0 Å². The highest BCUT2D eigenvalue weighted by Crippen LogP contribution is 2.25. The highest BCUT2D eigenvalue weighted by molar-refractivity contribution is 7.92. The van der Waals surface area contributed by atoms with Gasteiger partial charge >= 0.3 is 6.03 Å². The van der Waals surface area contributed by atoms with Crippen LogP contribution >= 0.6 is 0 Å². The van der Waals surface area contributed by atoms with Crippen LogP contribution in [-0.4, -0.2) is 73.9 Å². The Balaban J connectivity index is 1.47. The van der Waals surface area contributed by atoms with Gasteiger partial charge in [-0.3, -0.25) is 9.62 Å². The second-order valence-corrected chi connectivity index (χ2v) is 11.8. The Morgan fingerprint density at radius 1 is 1.11 bits per heavy atom. The number of carbonyl (C=O) groups excluding carboxylic acids is 1. The number of hydrogen-bond donors (Lipinski definition) is 3. The number of ether oxygens (including phenoxy) is 1. The van der Waals surface area contributed by atoms with Crippen molar-refractivity contribution >= 4 is 21.7 Å². The first kappa shape index (κ1) is 29.7. The molecular weight excluding hydrogens is 504 g/mol. The van der Waals surface area contributed by atoms with Crippen molar-refractivity contribution < 1.29 is 23.1 Å². The second kappa shape index (κ2) is 14.4. The van der Waals surface area contributed by atoms with E-state index in [1.165, 1.54) is 5.56 Å². The molecule has 38 heavy (non-hydrogen) atoms. The largest absolute Gasteiger partial charge is 0.457 e. The lowest BCUT2D eigenvalue weighted by Crippen LogP contribution is -2.51. The zero-order valence-corrected chi connectivity index (χ0v) is 23.5. The molecule has 0 saturated carbocycles. The summed E-state index contributed by atoms with van der Waals surface area (Å²) in [6.45, 7) is 7.83. The maximum atomic E-state index is 12.8. The number of nitrogens with zero attached hydrogens (tertiary/aromatic N) is 2. The van der Waals surface area contributed by atoms with Crippen LogP contribution in [0.5, 0.6) is 11.5 Å². The maximum Gasteiger partial charge on any atom is 0.317 e. The van der Waals surface area contributed by atoms with E-state index in [1.807, 2.05) is 17.0 Å². The molecule has 210 valence electrons. The number of amides is 2. The van der Waals surface area contributed by atoms with Crippen LogP contribution in [0.15, 0.2) is 48.5 Å². The minimum absolute atomic E-state index is 0.0190. The van der Waals surface area contributed by atoms with Crippen molar-refractivity contribution in [2.45, 2.75) is 64.6 Å². The lowest BCUT2D eigenvalue weighted by atomic mass is 10.0. The first-order chi connectivity index (χ1) is 18.1. The number of carbonyl (C=O) groups is 1. The summed E-state index contributed by atoms with van der Waals surface area (Å²) in [5, 5.41) is 12.4. The Bertz CT molecular complexity index is 1100. The SMILES string of the molecule is CCCCN(C(=O)NCCC(C)O)C1CCN(Cc2ccc(Oc3ccc(NS(C)(=O)=O)cc3)cc2)CC1. The number of piperidine rings is 1. The Morgan fingerprint density at radius 3 is 2.26 bits per heavy atom. The minimum atomic E-state index is -3.31. The molecule has 0 bridgehead atoms. The number of aliphatic hydroxyl groups is 1. The van der Waals surface area contributed by atoms with Crippen LogP contribution < -0.4 is 14.8 Å². The molecule has 2 aromatic rings. The summed E-state index contributed by atoms with van der Waals surface area (Å²) < 4.78 is 31.0. The molecule has 1 unspecified atom stereocenters. The third-order valence-corrected chi connectivity index (χ3v) is 7.18. The zero-order chi connectivity index (χ0) is 27.5. The van der Waals surface area contributed by atoms with E-state index >= 15 is 0 Å². The van der Waals surface area contributed by atoms with Crippen molar-refractivity contribution in [1.82, 2.24) is 15.1 Å². The number of benzene rings is 2. The molecule has 3 rings (SSSR count). The van der Waals surface area contributed by atoms with Crippen LogP contribution in [0.2, 0.25) is 0 Å². The molecule has 10 heteroatoms. The van der Waals surface area contributed by atoms with Crippen molar-refractivity contribution in [2.24, 2.45) is 0 Å². The Labute approximate surface area is 227 Å². The van der Waals surface area contributed by atoms with Gasteiger partial charge in [0.1, 0.15) is 11.5 Å². The molecule has 2 aromatic carbocycles. The van der Waals surface area contributed by atoms with Crippen molar-refractivity contribution in [1.29, 1.82) is 0 Å². The summed E-state index contributed by atoms with van der Waals surface area (Å²) in [6, 6.07) is 15.0. The van der Waals surface area contributed by atoms with E-state index in [2.05, 4.69) is 34.0 Å². The Hall–Kier alpha value is -2.82. The number of aliphatic hydroxyl groups excluding tert-OH is 1. The summed E-state index contributed by atoms with van der Waals surface area (Å²) in [5.41, 5.74) is 1.69. The van der Waals surface area contributed by atoms with E-state index in [9.17, 15) is 18.3 Å². The molecule has 2 amide bonds. The quantitative estimate of drug-likeness (QED) is 0.344. The molecule has 0 spiro atoms. The smallest absolute Gasteiger partial charge is 0.317 e. The van der Waals surface area contributed by atoms with Crippen molar-refractivity contribution in [3.63, 3.8) is 0 Å². The van der Waals surface area contributed by atoms with Gasteiger partial charge in [0.05, 0.1) is 12.4 Å². The fourth-order valence-corrected chi connectivity index (χ4v) is 5.08. The fraction of sp³-hybridized carbons (Fsp3) is 0.536. The number of anilines is 1. The second-order valence-electron chi connectivity index (χ2n) is 10.1. The number of hydrogen-bond acceptors (Lipinski definition) is 6. The average molecular weight is 547 g/mol. The lowest BCUT2D eigenvalue weighted by Gasteiger charge is -2.38. The maximum absolute atomic E-state index is 12.8. The third-order valence-electron chi connectivity index (χ3n) is 6.57. The minimum Gasteiger partial charge on any atom is -0.457 e. The average Bonchev–Trinajstić information content (AvgIpc) is 2.86. The van der Waals surface area contributed by atoms with Crippen LogP contribution in [-0.2, 0) is 16.6 Å². The standard InChI is InChI=1S/C28H42N4O5S/c1-4-5-18-32(28(34)29-17-14-22(2)33)25-15-19-31(20-16-25)21-23-6-10-26(11-7-23)37-27-12-8-24(9-13-27)30-38(3,35)36/h6-13,22,25,30,33H,4-5,14-21H2,1-3H3,(H,29,34). The summed E-state index contributed by atoms with van der Waals surface area (Å²) in [7, 11) is -3.31. The van der Waals surface area contributed by atoms with Gasteiger partial charge in [0.2, 0.25) is 10.0 Å². The van der Waals surface area contributed by atoms with Crippen LogP contribution in [0, 0.1) is 0 Å². The van der Waals surface area contributed by atoms with E-state index in [0.717, 1.165) is 58.1 Å². The number of likely N-dealkylation sites (tertiary alicyclic amines) is 1. The lowest BCUT2D eigenvalue weighted by molar-refractivity contribution is 0.115. The Kier molecular flexibility index (Phi) is 11.2. The summed E-state index contributed by atoms with van der Waals surface area (Å²) in [6.07, 6.45) is 5.18. The summed E-state index contributed by atoms with van der Waals surface area (Å²) in [4.78, 5) is 17.2. The summed E-state index contributed by atoms with van der Waals surface area (Å²) >= 11 is 0. The molecule has 9 nitrogen and oxygen atoms in total. The van der Waals surface area contributed by atoms with Gasteiger partial charge in [0, 0.05) is 44.5 Å². The molecule has 1 saturated heterocycles. The third kappa shape index (κ3) is 10.2. The number of sulfonamides is 1. The van der Waals surface area contributed by atoms with E-state index in [1.54, 1.807) is 31.2 Å². The normalized spacial score (nSPS) is 15.6. The molecule has 1 atom stereocenters. The highest BCUT2D eigenvalue weighted by atomic mass is 32.2. The van der Waals surface area contributed by atoms with Crippen molar-refractivity contribution in [2.75, 3.05) is 37.2 Å². The van der Waals surface area contributed by atoms with E-state index in [0.29, 0.717) is 30.2 Å². The number of unbranched alkanes of at least 4 members (excludes halogenated alkanes) is 1. The van der Waals surface area contributed by atoms with Crippen LogP contribution in [0.25, 0.3) is 0 Å². The monoisotopic (exact) mass is 546 g/mol. The zero-order valence-electron chi connectivity index (χ0n) is 22.7. The number of nitrogens with one attached hydrogen (secondary N) is 2. The van der Waals surface area contributed by atoms with Gasteiger partial charge in [-0.1, -0.05) is 25.5 Å². The predicted octanol–water partition coefficient (Wildman–Crippen LogP) is 4.40. The number of urea groups is 1. The van der Waals surface area contributed by atoms with Gasteiger partial charge < -0.3 is 20.1 Å². The topological polar surface area (TPSA) is 111 Å². The van der Waals surface area contributed by atoms with E-state index < -0.39 is 16.1 Å². The highest BCUT2D eigenvalue weighted by Gasteiger charge is 2.27. The van der Waals surface area contributed by atoms with Crippen LogP contribution in [0.1, 0.15) is 51.5 Å². The van der Waals surface area contributed by atoms with Gasteiger partial charge in [-0.15, -0.1) is 0 Å². The first-order valence-corrected chi connectivity index (χ1v) is 15.3. The molecule has 1 aliphatic rings. The van der Waals surface area contributed by atoms with Crippen molar-refractivity contribution in [3.8, 4) is 11.5 Å². The van der Waals surface area contributed by atoms with Crippen molar-refractivity contribution in [3.05, 3.63) is 54.1 Å². The van der Waals surface area contributed by atoms with Gasteiger partial charge in [-0.2, -0.15) is 0 Å². The van der Waals surface area contributed by atoms with Gasteiger partial charge in [-0.25, -0.2) is 13.2 Å². The fourth-order valence-electron chi connectivity index (χ4n) is 4.52.